The summed E-state index contributed by atoms with van der Waals surface area (Å²) in [6.07, 6.45) is 2.32. The van der Waals surface area contributed by atoms with Crippen LogP contribution >= 0.6 is 0 Å². The molecule has 8 nitrogen and oxygen atoms in total. The third kappa shape index (κ3) is 4.05. The molecule has 0 radical (unpaired) electrons. The number of carbonyl (C=O) groups is 1. The molecule has 2 saturated heterocycles. The van der Waals surface area contributed by atoms with Gasteiger partial charge in [-0.05, 0) is 32.1 Å². The number of aliphatic hydroxyl groups excluding tert-OH is 1. The molecule has 1 amide bonds. The maximum absolute atomic E-state index is 12.4. The summed E-state index contributed by atoms with van der Waals surface area (Å²) >= 11 is 0. The Kier molecular flexibility index (Phi) is 6.02. The van der Waals surface area contributed by atoms with Crippen molar-refractivity contribution >= 4 is 12.0 Å². The lowest BCUT2D eigenvalue weighted by molar-refractivity contribution is -0.944. The molecule has 8 heteroatoms. The van der Waals surface area contributed by atoms with E-state index in [0.717, 1.165) is 18.0 Å². The number of benzene rings is 1. The Balaban J connectivity index is 1.65. The molecule has 1 aromatic carbocycles. The van der Waals surface area contributed by atoms with E-state index in [9.17, 15) is 15.0 Å². The van der Waals surface area contributed by atoms with Crippen LogP contribution in [-0.4, -0.2) is 85.3 Å². The number of nitrogens with zero attached hydrogens (tertiary/aromatic N) is 1. The van der Waals surface area contributed by atoms with Crippen LogP contribution in [-0.2, 0) is 14.3 Å². The zero-order valence-corrected chi connectivity index (χ0v) is 17.6. The van der Waals surface area contributed by atoms with Crippen LogP contribution < -0.4 is 9.64 Å². The molecule has 2 fully saturated rings. The van der Waals surface area contributed by atoms with Crippen molar-refractivity contribution in [1.82, 2.24) is 4.90 Å². The Labute approximate surface area is 176 Å². The molecule has 0 spiro atoms. The number of fused-ring (bicyclic) bond motifs is 1. The largest absolute Gasteiger partial charge is 0.507 e. The van der Waals surface area contributed by atoms with Crippen molar-refractivity contribution < 1.29 is 34.1 Å². The van der Waals surface area contributed by atoms with E-state index in [-0.39, 0.29) is 17.7 Å². The van der Waals surface area contributed by atoms with Gasteiger partial charge < -0.3 is 34.2 Å². The molecule has 2 atom stereocenters. The summed E-state index contributed by atoms with van der Waals surface area (Å²) in [7, 11) is 0. The summed E-state index contributed by atoms with van der Waals surface area (Å²) in [4.78, 5) is 15.3. The van der Waals surface area contributed by atoms with E-state index < -0.39 is 11.7 Å². The van der Waals surface area contributed by atoms with E-state index in [1.807, 2.05) is 19.9 Å². The third-order valence-electron chi connectivity index (χ3n) is 6.22. The second kappa shape index (κ2) is 8.55. The lowest BCUT2D eigenvalue weighted by Gasteiger charge is -2.45. The maximum Gasteiger partial charge on any atom is 0.246 e. The van der Waals surface area contributed by atoms with Gasteiger partial charge >= 0.3 is 0 Å². The fourth-order valence-electron chi connectivity index (χ4n) is 4.46. The van der Waals surface area contributed by atoms with Gasteiger partial charge in [0.1, 0.15) is 36.3 Å². The number of quaternary nitrogens is 1. The Bertz CT molecular complexity index is 812. The van der Waals surface area contributed by atoms with E-state index in [2.05, 4.69) is 0 Å². The molecule has 1 aromatic rings. The van der Waals surface area contributed by atoms with Crippen LogP contribution in [0.1, 0.15) is 31.0 Å². The van der Waals surface area contributed by atoms with Gasteiger partial charge in [0.05, 0.1) is 32.0 Å². The third-order valence-corrected chi connectivity index (χ3v) is 6.22. The molecule has 164 valence electrons. The monoisotopic (exact) mass is 419 g/mol. The minimum atomic E-state index is -0.793. The maximum atomic E-state index is 12.4. The number of carbonyl (C=O) groups excluding carboxylic acids is 1. The number of aromatic hydroxyl groups is 1. The van der Waals surface area contributed by atoms with Crippen LogP contribution in [0.15, 0.2) is 18.2 Å². The highest BCUT2D eigenvalue weighted by atomic mass is 16.5. The number of rotatable bonds is 3. The molecule has 0 saturated carbocycles. The minimum Gasteiger partial charge on any atom is -0.507 e. The van der Waals surface area contributed by atoms with E-state index in [0.29, 0.717) is 56.4 Å². The smallest absolute Gasteiger partial charge is 0.246 e. The lowest BCUT2D eigenvalue weighted by atomic mass is 9.84. The van der Waals surface area contributed by atoms with Crippen molar-refractivity contribution in [3.05, 3.63) is 29.3 Å². The molecule has 0 bridgehead atoms. The molecular formula is C22H31N2O6+. The SMILES string of the molecule is CC1(C)Oc2ccc(/C=C/C(=O)N3CCOCC3)c(O)c2[C@H]([NH+]2CCOCC2)[C@@H]1O. The predicted molar refractivity (Wildman–Crippen MR) is 110 cm³/mol. The zero-order chi connectivity index (χ0) is 21.3. The number of ether oxygens (including phenoxy) is 3. The summed E-state index contributed by atoms with van der Waals surface area (Å²) in [6.45, 7) is 8.65. The van der Waals surface area contributed by atoms with Crippen molar-refractivity contribution in [2.75, 3.05) is 52.6 Å². The molecule has 3 aliphatic rings. The molecule has 3 aliphatic heterocycles. The van der Waals surface area contributed by atoms with Crippen molar-refractivity contribution in [3.8, 4) is 11.5 Å². The number of morpholine rings is 2. The molecule has 0 unspecified atom stereocenters. The van der Waals surface area contributed by atoms with Crippen LogP contribution in [0.4, 0.5) is 0 Å². The van der Waals surface area contributed by atoms with Crippen LogP contribution in [0.5, 0.6) is 11.5 Å². The molecule has 4 rings (SSSR count). The number of aliphatic hydroxyl groups is 1. The fourth-order valence-corrected chi connectivity index (χ4v) is 4.46. The van der Waals surface area contributed by atoms with Crippen molar-refractivity contribution in [2.24, 2.45) is 0 Å². The number of phenols is 1. The average molecular weight is 419 g/mol. The van der Waals surface area contributed by atoms with Gasteiger partial charge in [-0.25, -0.2) is 0 Å². The number of hydrogen-bond acceptors (Lipinski definition) is 6. The molecular weight excluding hydrogens is 388 g/mol. The second-order valence-corrected chi connectivity index (χ2v) is 8.58. The highest BCUT2D eigenvalue weighted by Gasteiger charge is 2.49. The first kappa shape index (κ1) is 21.1. The summed E-state index contributed by atoms with van der Waals surface area (Å²) in [5.41, 5.74) is 0.349. The van der Waals surface area contributed by atoms with Crippen LogP contribution in [0.25, 0.3) is 6.08 Å². The summed E-state index contributed by atoms with van der Waals surface area (Å²) in [5, 5.41) is 22.2. The van der Waals surface area contributed by atoms with Gasteiger partial charge in [0.15, 0.2) is 6.04 Å². The average Bonchev–Trinajstić information content (AvgIpc) is 2.75. The van der Waals surface area contributed by atoms with Crippen LogP contribution in [0.2, 0.25) is 0 Å². The van der Waals surface area contributed by atoms with Crippen LogP contribution in [0, 0.1) is 0 Å². The number of nitrogens with one attached hydrogen (secondary N) is 1. The van der Waals surface area contributed by atoms with Crippen molar-refractivity contribution in [2.45, 2.75) is 31.6 Å². The quantitative estimate of drug-likeness (QED) is 0.586. The lowest BCUT2D eigenvalue weighted by Crippen LogP contribution is -3.15. The van der Waals surface area contributed by atoms with Gasteiger partial charge in [0.2, 0.25) is 5.91 Å². The Morgan fingerprint density at radius 1 is 1.17 bits per heavy atom. The normalized spacial score (nSPS) is 27.0. The van der Waals surface area contributed by atoms with Gasteiger partial charge in [-0.2, -0.15) is 0 Å². The Morgan fingerprint density at radius 3 is 2.53 bits per heavy atom. The zero-order valence-electron chi connectivity index (χ0n) is 17.6. The van der Waals surface area contributed by atoms with Gasteiger partial charge in [0, 0.05) is 24.7 Å². The number of hydrogen-bond donors (Lipinski definition) is 3. The van der Waals surface area contributed by atoms with E-state index in [4.69, 9.17) is 14.2 Å². The van der Waals surface area contributed by atoms with E-state index >= 15 is 0 Å². The van der Waals surface area contributed by atoms with Crippen LogP contribution in [0.3, 0.4) is 0 Å². The standard InChI is InChI=1S/C22H30N2O6/c1-22(2)21(27)19(24-9-13-29-14-10-24)18-16(30-22)5-3-15(20(18)26)4-6-17(25)23-7-11-28-12-8-23/h3-6,19,21,26-27H,7-14H2,1-2H3/p+1/b6-4+/t19-,21-/m0/s1. The second-order valence-electron chi connectivity index (χ2n) is 8.58. The molecule has 0 aromatic heterocycles. The number of phenolic OH excluding ortho intramolecular Hbond substituents is 1. The first-order valence-electron chi connectivity index (χ1n) is 10.6. The molecule has 30 heavy (non-hydrogen) atoms. The van der Waals surface area contributed by atoms with Crippen molar-refractivity contribution in [1.29, 1.82) is 0 Å². The first-order chi connectivity index (χ1) is 14.4. The summed E-state index contributed by atoms with van der Waals surface area (Å²) < 4.78 is 16.8. The topological polar surface area (TPSA) is 92.9 Å². The van der Waals surface area contributed by atoms with E-state index in [1.165, 1.54) is 6.08 Å². The highest BCUT2D eigenvalue weighted by molar-refractivity contribution is 5.92. The highest BCUT2D eigenvalue weighted by Crippen LogP contribution is 2.44. The summed E-state index contributed by atoms with van der Waals surface area (Å²) in [5.74, 6) is 0.517. The van der Waals surface area contributed by atoms with Gasteiger partial charge in [0.25, 0.3) is 0 Å². The molecule has 0 aliphatic carbocycles. The molecule has 3 N–H and O–H groups in total. The van der Waals surface area contributed by atoms with Gasteiger partial charge in [-0.1, -0.05) is 0 Å². The molecule has 3 heterocycles. The van der Waals surface area contributed by atoms with Gasteiger partial charge in [-0.3, -0.25) is 4.79 Å². The predicted octanol–water partition coefficient (Wildman–Crippen LogP) is -0.248. The first-order valence-corrected chi connectivity index (χ1v) is 10.6. The minimum absolute atomic E-state index is 0.0528. The van der Waals surface area contributed by atoms with Gasteiger partial charge in [-0.15, -0.1) is 0 Å². The van der Waals surface area contributed by atoms with E-state index in [1.54, 1.807) is 17.0 Å². The summed E-state index contributed by atoms with van der Waals surface area (Å²) in [6, 6.07) is 3.22. The Morgan fingerprint density at radius 2 is 1.83 bits per heavy atom. The fraction of sp³-hybridized carbons (Fsp3) is 0.591. The number of amides is 1. The Hall–Kier alpha value is -2.13. The van der Waals surface area contributed by atoms with Crippen molar-refractivity contribution in [3.63, 3.8) is 0 Å².